The molecule has 2 fully saturated rings. The Kier molecular flexibility index (Phi) is 2.58. The van der Waals surface area contributed by atoms with E-state index in [1.54, 1.807) is 4.57 Å². The summed E-state index contributed by atoms with van der Waals surface area (Å²) < 4.78 is 3.17. The van der Waals surface area contributed by atoms with Crippen LogP contribution in [0.2, 0.25) is 0 Å². The predicted octanol–water partition coefficient (Wildman–Crippen LogP) is 1.41. The molecule has 106 valence electrons. The minimum Gasteiger partial charge on any atom is -0.339 e. The second-order valence-corrected chi connectivity index (χ2v) is 6.05. The van der Waals surface area contributed by atoms with Gasteiger partial charge in [-0.2, -0.15) is 0 Å². The Balaban J connectivity index is 1.97. The fourth-order valence-electron chi connectivity index (χ4n) is 3.28. The third-order valence-corrected chi connectivity index (χ3v) is 4.57. The van der Waals surface area contributed by atoms with Gasteiger partial charge in [0, 0.05) is 12.6 Å². The number of aromatic amines is 1. The van der Waals surface area contributed by atoms with Crippen LogP contribution in [0.5, 0.6) is 0 Å². The van der Waals surface area contributed by atoms with Crippen molar-refractivity contribution in [3.63, 3.8) is 0 Å². The van der Waals surface area contributed by atoms with Gasteiger partial charge in [0.2, 0.25) is 0 Å². The zero-order valence-corrected chi connectivity index (χ0v) is 11.3. The van der Waals surface area contributed by atoms with E-state index in [0.29, 0.717) is 23.6 Å². The lowest BCUT2D eigenvalue weighted by Crippen LogP contribution is -2.41. The maximum absolute atomic E-state index is 12.7. The normalized spacial score (nSPS) is 20.0. The highest BCUT2D eigenvalue weighted by Gasteiger charge is 2.27. The standard InChI is InChI=1S/C14H18N4O2/c19-13-11-12(16-8-15-11)18(10-3-1-2-4-10)14(20)17(13)7-9-5-6-9/h8-10H,1-7H2,(H,15,16). The third-order valence-electron chi connectivity index (χ3n) is 4.57. The first-order chi connectivity index (χ1) is 9.75. The van der Waals surface area contributed by atoms with Crippen LogP contribution in [0.4, 0.5) is 0 Å². The molecule has 1 N–H and O–H groups in total. The van der Waals surface area contributed by atoms with Crippen LogP contribution in [0, 0.1) is 5.92 Å². The Morgan fingerprint density at radius 3 is 2.65 bits per heavy atom. The molecule has 0 unspecified atom stereocenters. The lowest BCUT2D eigenvalue weighted by atomic mass is 10.2. The van der Waals surface area contributed by atoms with Crippen LogP contribution >= 0.6 is 0 Å². The smallest absolute Gasteiger partial charge is 0.333 e. The molecule has 0 amide bonds. The molecule has 0 radical (unpaired) electrons. The lowest BCUT2D eigenvalue weighted by molar-refractivity contribution is 0.465. The van der Waals surface area contributed by atoms with Crippen molar-refractivity contribution in [3.05, 3.63) is 27.2 Å². The van der Waals surface area contributed by atoms with Crippen molar-refractivity contribution >= 4 is 11.2 Å². The van der Waals surface area contributed by atoms with Gasteiger partial charge in [-0.15, -0.1) is 0 Å². The minimum absolute atomic E-state index is 0.173. The highest BCUT2D eigenvalue weighted by atomic mass is 16.2. The number of H-pyrrole nitrogens is 1. The molecule has 0 bridgehead atoms. The molecule has 20 heavy (non-hydrogen) atoms. The van der Waals surface area contributed by atoms with E-state index in [4.69, 9.17) is 0 Å². The third kappa shape index (κ3) is 1.74. The summed E-state index contributed by atoms with van der Waals surface area (Å²) in [5.41, 5.74) is 0.605. The molecule has 6 heteroatoms. The zero-order chi connectivity index (χ0) is 13.7. The molecule has 6 nitrogen and oxygen atoms in total. The van der Waals surface area contributed by atoms with E-state index in [1.165, 1.54) is 10.9 Å². The first-order valence-corrected chi connectivity index (χ1v) is 7.44. The van der Waals surface area contributed by atoms with Crippen LogP contribution in [0.15, 0.2) is 15.9 Å². The van der Waals surface area contributed by atoms with Gasteiger partial charge in [-0.3, -0.25) is 13.9 Å². The topological polar surface area (TPSA) is 72.7 Å². The van der Waals surface area contributed by atoms with Gasteiger partial charge in [0.25, 0.3) is 5.56 Å². The number of aromatic nitrogens is 4. The van der Waals surface area contributed by atoms with Crippen LogP contribution in [-0.4, -0.2) is 19.1 Å². The second-order valence-electron chi connectivity index (χ2n) is 6.05. The van der Waals surface area contributed by atoms with Gasteiger partial charge in [-0.1, -0.05) is 12.8 Å². The number of imidazole rings is 1. The molecule has 2 aromatic heterocycles. The molecule has 0 spiro atoms. The Morgan fingerprint density at radius 1 is 1.20 bits per heavy atom. The van der Waals surface area contributed by atoms with Crippen molar-refractivity contribution in [2.75, 3.05) is 0 Å². The molecule has 0 aromatic carbocycles. The minimum atomic E-state index is -0.219. The number of nitrogens with one attached hydrogen (secondary N) is 1. The molecule has 2 aromatic rings. The average molecular weight is 274 g/mol. The van der Waals surface area contributed by atoms with Crippen molar-refractivity contribution < 1.29 is 0 Å². The van der Waals surface area contributed by atoms with Gasteiger partial charge in [-0.05, 0) is 31.6 Å². The Labute approximate surface area is 115 Å². The number of fused-ring (bicyclic) bond motifs is 1. The maximum atomic E-state index is 12.7. The molecule has 2 aliphatic rings. The molecule has 0 aliphatic heterocycles. The Hall–Kier alpha value is -1.85. The molecule has 2 aliphatic carbocycles. The van der Waals surface area contributed by atoms with Gasteiger partial charge in [0.15, 0.2) is 5.65 Å². The van der Waals surface area contributed by atoms with Gasteiger partial charge < -0.3 is 4.98 Å². The summed E-state index contributed by atoms with van der Waals surface area (Å²) in [4.78, 5) is 32.3. The van der Waals surface area contributed by atoms with E-state index < -0.39 is 0 Å². The highest BCUT2D eigenvalue weighted by molar-refractivity contribution is 5.69. The summed E-state index contributed by atoms with van der Waals surface area (Å²) >= 11 is 0. The lowest BCUT2D eigenvalue weighted by Gasteiger charge is -2.16. The summed E-state index contributed by atoms with van der Waals surface area (Å²) in [6.45, 7) is 0.555. The molecule has 4 rings (SSSR count). The highest BCUT2D eigenvalue weighted by Crippen LogP contribution is 2.31. The summed E-state index contributed by atoms with van der Waals surface area (Å²) in [6.07, 6.45) is 8.05. The first kappa shape index (κ1) is 11.9. The van der Waals surface area contributed by atoms with E-state index in [1.807, 2.05) is 0 Å². The summed E-state index contributed by atoms with van der Waals surface area (Å²) in [5, 5.41) is 0. The fourth-order valence-corrected chi connectivity index (χ4v) is 3.28. The average Bonchev–Trinajstić information content (AvgIpc) is 2.93. The van der Waals surface area contributed by atoms with E-state index >= 15 is 0 Å². The summed E-state index contributed by atoms with van der Waals surface area (Å²) in [7, 11) is 0. The van der Waals surface area contributed by atoms with Gasteiger partial charge in [0.1, 0.15) is 5.52 Å². The van der Waals surface area contributed by atoms with Crippen LogP contribution < -0.4 is 11.2 Å². The quantitative estimate of drug-likeness (QED) is 0.919. The van der Waals surface area contributed by atoms with Crippen molar-refractivity contribution in [2.24, 2.45) is 5.92 Å². The monoisotopic (exact) mass is 274 g/mol. The second kappa shape index (κ2) is 4.33. The summed E-state index contributed by atoms with van der Waals surface area (Å²) in [5.74, 6) is 0.498. The van der Waals surface area contributed by atoms with Crippen molar-refractivity contribution in [1.29, 1.82) is 0 Å². The van der Waals surface area contributed by atoms with E-state index in [0.717, 1.165) is 38.5 Å². The molecule has 0 saturated heterocycles. The molecule has 2 heterocycles. The zero-order valence-electron chi connectivity index (χ0n) is 11.3. The van der Waals surface area contributed by atoms with Crippen LogP contribution in [0.25, 0.3) is 11.2 Å². The van der Waals surface area contributed by atoms with Crippen LogP contribution in [0.1, 0.15) is 44.6 Å². The number of rotatable bonds is 3. The van der Waals surface area contributed by atoms with Gasteiger partial charge in [0.05, 0.1) is 6.33 Å². The molecule has 0 atom stereocenters. The molecule has 2 saturated carbocycles. The van der Waals surface area contributed by atoms with Crippen molar-refractivity contribution in [3.8, 4) is 0 Å². The fraction of sp³-hybridized carbons (Fsp3) is 0.643. The van der Waals surface area contributed by atoms with Gasteiger partial charge >= 0.3 is 5.69 Å². The summed E-state index contributed by atoms with van der Waals surface area (Å²) in [6, 6.07) is 0.194. The van der Waals surface area contributed by atoms with Crippen molar-refractivity contribution in [2.45, 2.75) is 51.1 Å². The Bertz CT molecular complexity index is 760. The number of nitrogens with zero attached hydrogens (tertiary/aromatic N) is 3. The molecular weight excluding hydrogens is 256 g/mol. The van der Waals surface area contributed by atoms with Gasteiger partial charge in [-0.25, -0.2) is 9.78 Å². The van der Waals surface area contributed by atoms with Crippen LogP contribution in [-0.2, 0) is 6.54 Å². The number of hydrogen-bond acceptors (Lipinski definition) is 3. The maximum Gasteiger partial charge on any atom is 0.333 e. The molecular formula is C14H18N4O2. The van der Waals surface area contributed by atoms with Crippen molar-refractivity contribution in [1.82, 2.24) is 19.1 Å². The van der Waals surface area contributed by atoms with E-state index in [2.05, 4.69) is 9.97 Å². The van der Waals surface area contributed by atoms with E-state index in [-0.39, 0.29) is 17.3 Å². The largest absolute Gasteiger partial charge is 0.339 e. The van der Waals surface area contributed by atoms with Crippen LogP contribution in [0.3, 0.4) is 0 Å². The number of hydrogen-bond donors (Lipinski definition) is 1. The Morgan fingerprint density at radius 2 is 1.95 bits per heavy atom. The predicted molar refractivity (Wildman–Crippen MR) is 74.8 cm³/mol. The first-order valence-electron chi connectivity index (χ1n) is 7.44. The SMILES string of the molecule is O=c1c2[nH]cnc2n(C2CCCC2)c(=O)n1CC1CC1. The van der Waals surface area contributed by atoms with E-state index in [9.17, 15) is 9.59 Å².